The molecule has 3 heterocycles. The number of aliphatic hydroxyl groups is 2. The number of terminal acetylenes is 1. The number of rotatable bonds is 20. The van der Waals surface area contributed by atoms with E-state index >= 15 is 0 Å². The number of nitrogens with one attached hydrogen (secondary N) is 2. The summed E-state index contributed by atoms with van der Waals surface area (Å²) in [5.74, 6) is -1.07. The third kappa shape index (κ3) is 11.9. The highest BCUT2D eigenvalue weighted by molar-refractivity contribution is 7.94. The molecule has 28 heteroatoms. The number of nitrogen functional groups attached to an aromatic ring is 1. The second-order valence-corrected chi connectivity index (χ2v) is 16.7. The molecule has 1 aliphatic rings. The zero-order valence-electron chi connectivity index (χ0n) is 27.6. The maximum absolute atomic E-state index is 12.7. The van der Waals surface area contributed by atoms with E-state index in [2.05, 4.69) is 34.1 Å². The highest BCUT2D eigenvalue weighted by Crippen LogP contribution is 2.61. The molecule has 0 bridgehead atoms. The summed E-state index contributed by atoms with van der Waals surface area (Å²) in [6, 6.07) is 0. The van der Waals surface area contributed by atoms with Crippen LogP contribution in [-0.4, -0.2) is 118 Å². The van der Waals surface area contributed by atoms with E-state index in [0.29, 0.717) is 5.75 Å². The highest BCUT2D eigenvalue weighted by atomic mass is 32.2. The highest BCUT2D eigenvalue weighted by Gasteiger charge is 2.57. The van der Waals surface area contributed by atoms with Gasteiger partial charge < -0.3 is 55.1 Å². The van der Waals surface area contributed by atoms with Crippen LogP contribution in [0.1, 0.15) is 27.2 Å². The number of aliphatic hydroxyl groups excluding tert-OH is 2. The number of carbonyl (C=O) groups excluding carboxylic acids is 2. The Labute approximate surface area is 299 Å². The lowest BCUT2D eigenvalue weighted by molar-refractivity contribution is -0.137. The van der Waals surface area contributed by atoms with E-state index in [4.69, 9.17) is 30.5 Å². The molecule has 1 aliphatic heterocycles. The maximum Gasteiger partial charge on any atom is 0.481 e. The summed E-state index contributed by atoms with van der Waals surface area (Å²) < 4.78 is 67.0. The van der Waals surface area contributed by atoms with Crippen molar-refractivity contribution in [3.05, 3.63) is 12.7 Å². The molecule has 10 N–H and O–H groups in total. The number of hydrogen-bond acceptors (Lipinski definition) is 18. The lowest BCUT2D eigenvalue weighted by atomic mass is 9.87. The number of aromatic nitrogens is 4. The lowest BCUT2D eigenvalue weighted by Crippen LogP contribution is -2.46. The first-order valence-electron chi connectivity index (χ1n) is 14.7. The summed E-state index contributed by atoms with van der Waals surface area (Å²) in [6.07, 6.45) is 1.42. The van der Waals surface area contributed by atoms with Gasteiger partial charge in [0, 0.05) is 24.9 Å². The number of anilines is 1. The van der Waals surface area contributed by atoms with Crippen LogP contribution in [0.5, 0.6) is 0 Å². The number of nitrogens with zero attached hydrogens (tertiary/aromatic N) is 4. The molecule has 0 aliphatic carbocycles. The van der Waals surface area contributed by atoms with Gasteiger partial charge in [-0.15, -0.1) is 0 Å². The van der Waals surface area contributed by atoms with E-state index in [0.717, 1.165) is 29.3 Å². The molecule has 2 aromatic rings. The van der Waals surface area contributed by atoms with Crippen LogP contribution in [0, 0.1) is 17.9 Å². The summed E-state index contributed by atoms with van der Waals surface area (Å²) in [5, 5.41) is 26.5. The zero-order valence-corrected chi connectivity index (χ0v) is 31.1. The summed E-state index contributed by atoms with van der Waals surface area (Å²) in [4.78, 5) is 75.4. The van der Waals surface area contributed by atoms with Crippen molar-refractivity contribution in [1.82, 2.24) is 30.2 Å². The summed E-state index contributed by atoms with van der Waals surface area (Å²) in [6.45, 7) is 1.78. The number of ether oxygens (including phenoxy) is 1. The van der Waals surface area contributed by atoms with Crippen molar-refractivity contribution < 1.29 is 79.9 Å². The number of phosphoric ester groups is 3. The van der Waals surface area contributed by atoms with E-state index in [1.165, 1.54) is 20.8 Å². The second-order valence-electron chi connectivity index (χ2n) is 11.7. The molecular weight excluding hydrogens is 783 g/mol. The fourth-order valence-electron chi connectivity index (χ4n) is 4.56. The minimum atomic E-state index is -5.58. The minimum absolute atomic E-state index is 0.0205. The predicted octanol–water partition coefficient (Wildman–Crippen LogP) is -1.17. The van der Waals surface area contributed by atoms with Crippen molar-refractivity contribution in [3.8, 4) is 12.5 Å². The van der Waals surface area contributed by atoms with Gasteiger partial charge in [-0.05, 0) is 6.92 Å². The molecule has 0 spiro atoms. The van der Waals surface area contributed by atoms with Crippen LogP contribution in [0.3, 0.4) is 0 Å². The largest absolute Gasteiger partial charge is 0.481 e. The maximum atomic E-state index is 12.7. The number of phosphoric acid groups is 3. The van der Waals surface area contributed by atoms with Crippen LogP contribution in [0.4, 0.5) is 5.82 Å². The molecule has 2 aromatic heterocycles. The van der Waals surface area contributed by atoms with Gasteiger partial charge in [-0.2, -0.15) is 4.31 Å². The standard InChI is InChI=1S/C24H38N7O17P3S/c1-5-45-52-9-8-26-15(32)6-7-27-22(35)19(34)23(2,3)11-44-51(41,42)48-50(39,40)43-10-14-17(47-49(36,37)38)18(33)24(4,46-14)31-13-30-16-20(25)28-12-29-21(16)31/h1,12-14,17-19,33-34H,6-11H2,2-4H3,(H,26,32)(H,27,35)(H,39,40)(H,41,42)(H2,25,28,29)(H2,36,37,38). The van der Waals surface area contributed by atoms with Gasteiger partial charge in [0.2, 0.25) is 11.8 Å². The van der Waals surface area contributed by atoms with Crippen LogP contribution < -0.4 is 16.4 Å². The lowest BCUT2D eigenvalue weighted by Gasteiger charge is -2.30. The molecule has 0 saturated carbocycles. The number of amides is 2. The first-order valence-corrected chi connectivity index (χ1v) is 20.1. The third-order valence-corrected chi connectivity index (χ3v) is 10.9. The Morgan fingerprint density at radius 2 is 1.83 bits per heavy atom. The Morgan fingerprint density at radius 3 is 2.48 bits per heavy atom. The quantitative estimate of drug-likeness (QED) is 0.0329. The second kappa shape index (κ2) is 17.6. The summed E-state index contributed by atoms with van der Waals surface area (Å²) in [7, 11) is -16.4. The average Bonchev–Trinajstić information content (AvgIpc) is 3.58. The number of nitrogens with two attached hydrogens (primary N) is 1. The molecule has 0 aromatic carbocycles. The third-order valence-electron chi connectivity index (χ3n) is 7.18. The fraction of sp³-hybridized carbons (Fsp3) is 0.625. The van der Waals surface area contributed by atoms with E-state index in [1.807, 2.05) is 6.11 Å². The predicted molar refractivity (Wildman–Crippen MR) is 177 cm³/mol. The molecule has 7 atom stereocenters. The van der Waals surface area contributed by atoms with Crippen LogP contribution in [0.2, 0.25) is 0 Å². The Bertz CT molecular complexity index is 1770. The molecule has 3 rings (SSSR count). The number of imidazole rings is 1. The van der Waals surface area contributed by atoms with E-state index in [-0.39, 0.29) is 36.5 Å². The van der Waals surface area contributed by atoms with Crippen LogP contribution in [-0.2, 0) is 55.8 Å². The molecule has 1 saturated heterocycles. The fourth-order valence-corrected chi connectivity index (χ4v) is 7.72. The molecule has 2 amide bonds. The van der Waals surface area contributed by atoms with Crippen molar-refractivity contribution in [1.29, 1.82) is 0 Å². The first kappa shape index (κ1) is 43.7. The van der Waals surface area contributed by atoms with Crippen LogP contribution in [0.15, 0.2) is 12.7 Å². The number of hydrogen-bond donors (Lipinski definition) is 9. The van der Waals surface area contributed by atoms with E-state index < -0.39 is 84.1 Å². The SMILES string of the molecule is C#COSCCNC(=O)CCNC(=O)C(O)C(C)(C)COP(=O)(O)OP(=O)(O)OCC1OC(C)(n2cnc3c(N)ncnc32)C(O)C1OP(=O)(O)O. The molecule has 7 unspecified atom stereocenters. The van der Waals surface area contributed by atoms with Crippen molar-refractivity contribution >= 4 is 64.3 Å². The minimum Gasteiger partial charge on any atom is -0.385 e. The van der Waals surface area contributed by atoms with Gasteiger partial charge >= 0.3 is 23.5 Å². The van der Waals surface area contributed by atoms with E-state index in [9.17, 15) is 53.1 Å². The Morgan fingerprint density at radius 1 is 1.15 bits per heavy atom. The van der Waals surface area contributed by atoms with Gasteiger partial charge in [0.05, 0.1) is 37.3 Å². The van der Waals surface area contributed by atoms with Crippen molar-refractivity contribution in [2.45, 2.75) is 57.3 Å². The van der Waals surface area contributed by atoms with Gasteiger partial charge in [0.1, 0.15) is 42.4 Å². The number of fused-ring (bicyclic) bond motifs is 1. The van der Waals surface area contributed by atoms with Crippen molar-refractivity contribution in [3.63, 3.8) is 0 Å². The van der Waals surface area contributed by atoms with Gasteiger partial charge in [-0.3, -0.25) is 27.7 Å². The topological polar surface area (TPSA) is 356 Å². The molecule has 1 fully saturated rings. The molecule has 24 nitrogen and oxygen atoms in total. The normalized spacial score (nSPS) is 23.7. The smallest absolute Gasteiger partial charge is 0.385 e. The van der Waals surface area contributed by atoms with Crippen LogP contribution >= 0.6 is 35.5 Å². The molecule has 0 radical (unpaired) electrons. The van der Waals surface area contributed by atoms with Gasteiger partial charge in [-0.25, -0.2) is 28.6 Å². The van der Waals surface area contributed by atoms with E-state index in [1.54, 1.807) is 0 Å². The van der Waals surface area contributed by atoms with Crippen molar-refractivity contribution in [2.75, 3.05) is 37.8 Å². The Hall–Kier alpha value is -2.75. The summed E-state index contributed by atoms with van der Waals surface area (Å²) >= 11 is 0.950. The number of carbonyl (C=O) groups is 2. The monoisotopic (exact) mass is 821 g/mol. The van der Waals surface area contributed by atoms with Gasteiger partial charge in [-0.1, -0.05) is 20.3 Å². The Kier molecular flexibility index (Phi) is 14.8. The summed E-state index contributed by atoms with van der Waals surface area (Å²) in [5.41, 5.74) is 2.32. The molecular formula is C24H38N7O17P3S. The van der Waals surface area contributed by atoms with Gasteiger partial charge in [0.25, 0.3) is 0 Å². The zero-order chi connectivity index (χ0) is 39.1. The van der Waals surface area contributed by atoms with Gasteiger partial charge in [0.15, 0.2) is 17.2 Å². The Balaban J connectivity index is 1.58. The molecule has 52 heavy (non-hydrogen) atoms. The first-order chi connectivity index (χ1) is 24.0. The van der Waals surface area contributed by atoms with Crippen molar-refractivity contribution in [2.24, 2.45) is 5.41 Å². The van der Waals surface area contributed by atoms with Crippen LogP contribution in [0.25, 0.3) is 11.2 Å². The average molecular weight is 822 g/mol. The molecule has 292 valence electrons.